The summed E-state index contributed by atoms with van der Waals surface area (Å²) < 4.78 is 44.9. The monoisotopic (exact) mass is 424 g/mol. The maximum absolute atomic E-state index is 12.3. The highest BCUT2D eigenvalue weighted by Crippen LogP contribution is 2.45. The molecular weight excluding hydrogens is 396 g/mol. The molecule has 0 bridgehead atoms. The molecule has 0 aliphatic heterocycles. The van der Waals surface area contributed by atoms with Gasteiger partial charge in [-0.1, -0.05) is 25.7 Å². The van der Waals surface area contributed by atoms with Crippen molar-refractivity contribution in [2.75, 3.05) is 6.61 Å². The third-order valence-corrected chi connectivity index (χ3v) is 6.80. The van der Waals surface area contributed by atoms with E-state index in [4.69, 9.17) is 9.47 Å². The molecule has 0 saturated heterocycles. The van der Waals surface area contributed by atoms with E-state index in [0.29, 0.717) is 11.1 Å². The second-order valence-corrected chi connectivity index (χ2v) is 9.29. The van der Waals surface area contributed by atoms with Crippen LogP contribution in [0.1, 0.15) is 87.7 Å². The summed E-state index contributed by atoms with van der Waals surface area (Å²) in [5.74, 6) is -0.699. The average Bonchev–Trinajstić information content (AvgIpc) is 3.33. The zero-order chi connectivity index (χ0) is 21.0. The van der Waals surface area contributed by atoms with Crippen molar-refractivity contribution in [2.24, 2.45) is 0 Å². The highest BCUT2D eigenvalue weighted by molar-refractivity contribution is 7.86. The van der Waals surface area contributed by atoms with Gasteiger partial charge in [-0.15, -0.1) is 0 Å². The third-order valence-electron chi connectivity index (χ3n) is 5.81. The summed E-state index contributed by atoms with van der Waals surface area (Å²) in [6.07, 6.45) is 7.29. The minimum absolute atomic E-state index is 0.0102. The van der Waals surface area contributed by atoms with Crippen LogP contribution in [-0.2, 0) is 24.4 Å². The van der Waals surface area contributed by atoms with Gasteiger partial charge in [-0.3, -0.25) is 14.1 Å². The van der Waals surface area contributed by atoms with Crippen molar-refractivity contribution < 1.29 is 32.0 Å². The van der Waals surface area contributed by atoms with Gasteiger partial charge in [0.2, 0.25) is 0 Å². The molecule has 0 unspecified atom stereocenters. The lowest BCUT2D eigenvalue weighted by Crippen LogP contribution is -2.15. The molecule has 0 atom stereocenters. The normalized spacial score (nSPS) is 18.1. The van der Waals surface area contributed by atoms with Gasteiger partial charge < -0.3 is 9.47 Å². The largest absolute Gasteiger partial charge is 0.465 e. The Bertz CT molecular complexity index is 826. The fourth-order valence-corrected chi connectivity index (χ4v) is 5.59. The smallest absolute Gasteiger partial charge is 0.314 e. The summed E-state index contributed by atoms with van der Waals surface area (Å²) >= 11 is 0. The second kappa shape index (κ2) is 9.26. The van der Waals surface area contributed by atoms with Gasteiger partial charge in [0.1, 0.15) is 17.3 Å². The quantitative estimate of drug-likeness (QED) is 0.399. The summed E-state index contributed by atoms with van der Waals surface area (Å²) in [5, 5.41) is 0. The molecule has 2 aliphatic carbocycles. The lowest BCUT2D eigenvalue weighted by molar-refractivity contribution is -0.143. The van der Waals surface area contributed by atoms with Crippen LogP contribution < -0.4 is 4.74 Å². The van der Waals surface area contributed by atoms with E-state index < -0.39 is 22.1 Å². The molecule has 0 amide bonds. The molecule has 1 N–H and O–H groups in total. The van der Waals surface area contributed by atoms with Crippen molar-refractivity contribution in [1.82, 2.24) is 0 Å². The van der Waals surface area contributed by atoms with E-state index in [1.165, 1.54) is 6.92 Å². The van der Waals surface area contributed by atoms with Crippen LogP contribution >= 0.6 is 0 Å². The van der Waals surface area contributed by atoms with E-state index in [2.05, 4.69) is 0 Å². The number of rotatable bonds is 7. The van der Waals surface area contributed by atoms with E-state index in [1.54, 1.807) is 12.1 Å². The molecule has 0 radical (unpaired) electrons. The van der Waals surface area contributed by atoms with Crippen molar-refractivity contribution in [2.45, 2.75) is 81.4 Å². The third kappa shape index (κ3) is 5.57. The average molecular weight is 425 g/mol. The molecule has 3 rings (SSSR count). The number of ether oxygens (including phenoxy) is 2. The number of esters is 2. The van der Waals surface area contributed by atoms with Crippen LogP contribution in [0.3, 0.4) is 0 Å². The van der Waals surface area contributed by atoms with Crippen molar-refractivity contribution >= 4 is 22.1 Å². The van der Waals surface area contributed by atoms with Crippen LogP contribution in [0.5, 0.6) is 5.75 Å². The SMILES string of the molecule is CC(=O)OCCC(=O)Oc1cc(C2CCCC2)c(S(=O)(=O)O)c(C2CCCC2)c1. The Labute approximate surface area is 171 Å². The van der Waals surface area contributed by atoms with Crippen LogP contribution in [-0.4, -0.2) is 31.5 Å². The second-order valence-electron chi connectivity index (χ2n) is 7.93. The van der Waals surface area contributed by atoms with Gasteiger partial charge in [0.15, 0.2) is 0 Å². The lowest BCUT2D eigenvalue weighted by atomic mass is 9.90. The van der Waals surface area contributed by atoms with Gasteiger partial charge in [-0.2, -0.15) is 8.42 Å². The van der Waals surface area contributed by atoms with Crippen molar-refractivity contribution in [3.8, 4) is 5.75 Å². The lowest BCUT2D eigenvalue weighted by Gasteiger charge is -2.22. The summed E-state index contributed by atoms with van der Waals surface area (Å²) in [6.45, 7) is 1.20. The number of carbonyl (C=O) groups excluding carboxylic acids is 2. The minimum atomic E-state index is -4.41. The molecule has 2 aliphatic rings. The van der Waals surface area contributed by atoms with Crippen LogP contribution in [0.4, 0.5) is 0 Å². The maximum atomic E-state index is 12.3. The summed E-state index contributed by atoms with van der Waals surface area (Å²) in [5.41, 5.74) is 1.11. The molecule has 0 heterocycles. The van der Waals surface area contributed by atoms with Crippen molar-refractivity contribution in [3.05, 3.63) is 23.3 Å². The number of hydrogen-bond donors (Lipinski definition) is 1. The van der Waals surface area contributed by atoms with Gasteiger partial charge in [0, 0.05) is 6.92 Å². The standard InChI is InChI=1S/C21H28O7S/c1-14(22)27-11-10-20(23)28-17-12-18(15-6-2-3-7-15)21(29(24,25)26)19(13-17)16-8-4-5-9-16/h12-13,15-16H,2-11H2,1H3,(H,24,25,26). The van der Waals surface area contributed by atoms with Gasteiger partial charge >= 0.3 is 11.9 Å². The molecule has 160 valence electrons. The minimum Gasteiger partial charge on any atom is -0.465 e. The Morgan fingerprint density at radius 2 is 1.48 bits per heavy atom. The first-order chi connectivity index (χ1) is 13.8. The molecule has 7 nitrogen and oxygen atoms in total. The Balaban J connectivity index is 1.96. The van der Waals surface area contributed by atoms with Crippen LogP contribution in [0, 0.1) is 0 Å². The number of hydrogen-bond acceptors (Lipinski definition) is 6. The van der Waals surface area contributed by atoms with E-state index >= 15 is 0 Å². The summed E-state index contributed by atoms with van der Waals surface area (Å²) in [7, 11) is -4.41. The molecule has 1 aromatic rings. The number of carbonyl (C=O) groups is 2. The van der Waals surface area contributed by atoms with Gasteiger partial charge in [0.05, 0.1) is 6.42 Å². The van der Waals surface area contributed by atoms with Gasteiger partial charge in [0.25, 0.3) is 10.1 Å². The van der Waals surface area contributed by atoms with E-state index in [9.17, 15) is 22.6 Å². The molecule has 2 saturated carbocycles. The number of benzene rings is 1. The zero-order valence-electron chi connectivity index (χ0n) is 16.7. The van der Waals surface area contributed by atoms with E-state index in [-0.39, 0.29) is 35.5 Å². The molecular formula is C21H28O7S. The Kier molecular flexibility index (Phi) is 6.95. The summed E-state index contributed by atoms with van der Waals surface area (Å²) in [4.78, 5) is 23.0. The van der Waals surface area contributed by atoms with Crippen molar-refractivity contribution in [1.29, 1.82) is 0 Å². The fourth-order valence-electron chi connectivity index (χ4n) is 4.54. The maximum Gasteiger partial charge on any atom is 0.314 e. The zero-order valence-corrected chi connectivity index (χ0v) is 17.5. The molecule has 0 spiro atoms. The molecule has 0 aromatic heterocycles. The first-order valence-electron chi connectivity index (χ1n) is 10.2. The van der Waals surface area contributed by atoms with Crippen LogP contribution in [0.15, 0.2) is 17.0 Å². The first kappa shape index (κ1) is 21.8. The van der Waals surface area contributed by atoms with Crippen LogP contribution in [0.25, 0.3) is 0 Å². The first-order valence-corrected chi connectivity index (χ1v) is 11.7. The van der Waals surface area contributed by atoms with E-state index in [1.807, 2.05) is 0 Å². The molecule has 29 heavy (non-hydrogen) atoms. The van der Waals surface area contributed by atoms with E-state index in [0.717, 1.165) is 51.4 Å². The highest BCUT2D eigenvalue weighted by atomic mass is 32.2. The Hall–Kier alpha value is -1.93. The Morgan fingerprint density at radius 1 is 1.00 bits per heavy atom. The van der Waals surface area contributed by atoms with Crippen molar-refractivity contribution in [3.63, 3.8) is 0 Å². The van der Waals surface area contributed by atoms with Crippen LogP contribution in [0.2, 0.25) is 0 Å². The Morgan fingerprint density at radius 3 is 1.90 bits per heavy atom. The topological polar surface area (TPSA) is 107 Å². The molecule has 8 heteroatoms. The predicted molar refractivity (Wildman–Crippen MR) is 106 cm³/mol. The molecule has 2 fully saturated rings. The van der Waals surface area contributed by atoms with Gasteiger partial charge in [-0.05, 0) is 60.8 Å². The summed E-state index contributed by atoms with van der Waals surface area (Å²) in [6, 6.07) is 3.17. The van der Waals surface area contributed by atoms with Gasteiger partial charge in [-0.25, -0.2) is 0 Å². The molecule has 1 aromatic carbocycles. The fraction of sp³-hybridized carbons (Fsp3) is 0.619. The highest BCUT2D eigenvalue weighted by Gasteiger charge is 2.32. The predicted octanol–water partition coefficient (Wildman–Crippen LogP) is 4.11.